The number of aliphatic hydroxyl groups excluding tert-OH is 1. The van der Waals surface area contributed by atoms with Crippen LogP contribution in [0.1, 0.15) is 32.4 Å². The third-order valence-electron chi connectivity index (χ3n) is 3.04. The van der Waals surface area contributed by atoms with Gasteiger partial charge in [0.25, 0.3) is 0 Å². The lowest BCUT2D eigenvalue weighted by Crippen LogP contribution is -2.32. The summed E-state index contributed by atoms with van der Waals surface area (Å²) in [6, 6.07) is 8.11. The molecule has 4 heteroatoms. The topological polar surface area (TPSA) is 50.7 Å². The minimum atomic E-state index is -0.477. The van der Waals surface area contributed by atoms with Crippen LogP contribution in [0.2, 0.25) is 0 Å². The fourth-order valence-electron chi connectivity index (χ4n) is 1.82. The molecule has 0 amide bonds. The molecule has 1 aromatic carbocycles. The molecule has 2 atom stereocenters. The zero-order chi connectivity index (χ0) is 15.0. The highest BCUT2D eigenvalue weighted by Gasteiger charge is 2.09. The fraction of sp³-hybridized carbons (Fsp3) is 0.625. The highest BCUT2D eigenvalue weighted by Crippen LogP contribution is 2.17. The largest absolute Gasteiger partial charge is 0.497 e. The van der Waals surface area contributed by atoms with Gasteiger partial charge in [0.15, 0.2) is 0 Å². The molecule has 4 nitrogen and oxygen atoms in total. The summed E-state index contributed by atoms with van der Waals surface area (Å²) < 4.78 is 10.6. The van der Waals surface area contributed by atoms with E-state index in [4.69, 9.17) is 9.47 Å². The van der Waals surface area contributed by atoms with Gasteiger partial charge in [-0.15, -0.1) is 0 Å². The summed E-state index contributed by atoms with van der Waals surface area (Å²) in [5.74, 6) is 1.34. The van der Waals surface area contributed by atoms with Gasteiger partial charge in [0.05, 0.1) is 19.8 Å². The Bertz CT molecular complexity index is 364. The van der Waals surface area contributed by atoms with Crippen LogP contribution in [-0.2, 0) is 4.74 Å². The van der Waals surface area contributed by atoms with E-state index in [-0.39, 0.29) is 6.04 Å². The molecule has 0 radical (unpaired) electrons. The number of nitrogens with one attached hydrogen (secondary N) is 1. The van der Waals surface area contributed by atoms with E-state index >= 15 is 0 Å². The SMILES string of the molecule is COc1ccc([C@H](C)NCC(O)COCC(C)C)cc1. The van der Waals surface area contributed by atoms with Crippen LogP contribution < -0.4 is 10.1 Å². The van der Waals surface area contributed by atoms with E-state index in [1.165, 1.54) is 5.56 Å². The van der Waals surface area contributed by atoms with Gasteiger partial charge in [-0.3, -0.25) is 0 Å². The summed E-state index contributed by atoms with van der Waals surface area (Å²) in [5.41, 5.74) is 1.17. The number of rotatable bonds is 9. The van der Waals surface area contributed by atoms with Crippen LogP contribution >= 0.6 is 0 Å². The Hall–Kier alpha value is -1.10. The zero-order valence-corrected chi connectivity index (χ0v) is 12.9. The summed E-state index contributed by atoms with van der Waals surface area (Å²) in [5, 5.41) is 13.1. The van der Waals surface area contributed by atoms with Crippen LogP contribution in [0.3, 0.4) is 0 Å². The summed E-state index contributed by atoms with van der Waals surface area (Å²) in [4.78, 5) is 0. The Kier molecular flexibility index (Phi) is 7.59. The van der Waals surface area contributed by atoms with E-state index < -0.39 is 6.10 Å². The van der Waals surface area contributed by atoms with Crippen molar-refractivity contribution < 1.29 is 14.6 Å². The van der Waals surface area contributed by atoms with Crippen LogP contribution in [-0.4, -0.2) is 38.1 Å². The maximum atomic E-state index is 9.83. The normalized spacial score (nSPS) is 14.3. The molecule has 0 aliphatic carbocycles. The highest BCUT2D eigenvalue weighted by atomic mass is 16.5. The molecule has 0 aromatic heterocycles. The maximum Gasteiger partial charge on any atom is 0.118 e. The summed E-state index contributed by atoms with van der Waals surface area (Å²) in [6.07, 6.45) is -0.477. The van der Waals surface area contributed by atoms with E-state index in [1.54, 1.807) is 7.11 Å². The average molecular weight is 281 g/mol. The molecular weight excluding hydrogens is 254 g/mol. The van der Waals surface area contributed by atoms with Crippen LogP contribution in [0.5, 0.6) is 5.75 Å². The molecular formula is C16H27NO3. The van der Waals surface area contributed by atoms with Crippen molar-refractivity contribution in [2.75, 3.05) is 26.9 Å². The van der Waals surface area contributed by atoms with Gasteiger partial charge in [-0.25, -0.2) is 0 Å². The van der Waals surface area contributed by atoms with E-state index in [9.17, 15) is 5.11 Å². The molecule has 1 unspecified atom stereocenters. The van der Waals surface area contributed by atoms with Gasteiger partial charge in [0.1, 0.15) is 5.75 Å². The lowest BCUT2D eigenvalue weighted by atomic mass is 10.1. The Morgan fingerprint density at radius 3 is 2.30 bits per heavy atom. The first kappa shape index (κ1) is 17.0. The lowest BCUT2D eigenvalue weighted by molar-refractivity contribution is 0.0252. The molecule has 0 saturated carbocycles. The zero-order valence-electron chi connectivity index (χ0n) is 12.9. The standard InChI is InChI=1S/C16H27NO3/c1-12(2)10-20-11-15(18)9-17-13(3)14-5-7-16(19-4)8-6-14/h5-8,12-13,15,17-18H,9-11H2,1-4H3/t13-,15?/m0/s1. The number of benzene rings is 1. The molecule has 0 fully saturated rings. The van der Waals surface area contributed by atoms with Crippen molar-refractivity contribution >= 4 is 0 Å². The van der Waals surface area contributed by atoms with E-state index in [0.29, 0.717) is 25.7 Å². The van der Waals surface area contributed by atoms with Gasteiger partial charge in [-0.2, -0.15) is 0 Å². The van der Waals surface area contributed by atoms with Crippen LogP contribution in [0.15, 0.2) is 24.3 Å². The van der Waals surface area contributed by atoms with Gasteiger partial charge in [-0.1, -0.05) is 26.0 Å². The van der Waals surface area contributed by atoms with Crippen molar-refractivity contribution in [3.63, 3.8) is 0 Å². The molecule has 20 heavy (non-hydrogen) atoms. The van der Waals surface area contributed by atoms with Crippen LogP contribution in [0.25, 0.3) is 0 Å². The number of methoxy groups -OCH3 is 1. The Labute approximate surface area is 122 Å². The quantitative estimate of drug-likeness (QED) is 0.729. The third-order valence-corrected chi connectivity index (χ3v) is 3.04. The molecule has 2 N–H and O–H groups in total. The predicted octanol–water partition coefficient (Wildman–Crippen LogP) is 2.38. The van der Waals surface area contributed by atoms with Crippen molar-refractivity contribution in [3.8, 4) is 5.75 Å². The number of hydrogen-bond acceptors (Lipinski definition) is 4. The lowest BCUT2D eigenvalue weighted by Gasteiger charge is -2.18. The van der Waals surface area contributed by atoms with Gasteiger partial charge in [-0.05, 0) is 30.5 Å². The minimum absolute atomic E-state index is 0.181. The monoisotopic (exact) mass is 281 g/mol. The molecule has 0 saturated heterocycles. The third kappa shape index (κ3) is 6.37. The van der Waals surface area contributed by atoms with E-state index in [0.717, 1.165) is 5.75 Å². The average Bonchev–Trinajstić information content (AvgIpc) is 2.44. The van der Waals surface area contributed by atoms with Gasteiger partial charge < -0.3 is 19.9 Å². The number of hydrogen-bond donors (Lipinski definition) is 2. The molecule has 0 aliphatic rings. The van der Waals surface area contributed by atoms with Crippen LogP contribution in [0.4, 0.5) is 0 Å². The Morgan fingerprint density at radius 2 is 1.75 bits per heavy atom. The fourth-order valence-corrected chi connectivity index (χ4v) is 1.82. The second-order valence-corrected chi connectivity index (χ2v) is 5.49. The van der Waals surface area contributed by atoms with Crippen molar-refractivity contribution in [3.05, 3.63) is 29.8 Å². The van der Waals surface area contributed by atoms with Crippen molar-refractivity contribution in [2.24, 2.45) is 5.92 Å². The first-order chi connectivity index (χ1) is 9.52. The second-order valence-electron chi connectivity index (χ2n) is 5.49. The molecule has 1 rings (SSSR count). The highest BCUT2D eigenvalue weighted by molar-refractivity contribution is 5.28. The van der Waals surface area contributed by atoms with Crippen LogP contribution in [0, 0.1) is 5.92 Å². The van der Waals surface area contributed by atoms with Gasteiger partial charge in [0.2, 0.25) is 0 Å². The Morgan fingerprint density at radius 1 is 1.10 bits per heavy atom. The maximum absolute atomic E-state index is 9.83. The Balaban J connectivity index is 2.29. The molecule has 0 bridgehead atoms. The van der Waals surface area contributed by atoms with Crippen molar-refractivity contribution in [1.82, 2.24) is 5.32 Å². The van der Waals surface area contributed by atoms with E-state index in [2.05, 4.69) is 26.1 Å². The predicted molar refractivity (Wildman–Crippen MR) is 81.1 cm³/mol. The van der Waals surface area contributed by atoms with Crippen molar-refractivity contribution in [2.45, 2.75) is 32.9 Å². The summed E-state index contributed by atoms with van der Waals surface area (Å²) in [6.45, 7) is 7.84. The number of ether oxygens (including phenoxy) is 2. The van der Waals surface area contributed by atoms with Gasteiger partial charge >= 0.3 is 0 Å². The molecule has 0 heterocycles. The smallest absolute Gasteiger partial charge is 0.118 e. The summed E-state index contributed by atoms with van der Waals surface area (Å²) in [7, 11) is 1.66. The first-order valence-corrected chi connectivity index (χ1v) is 7.16. The molecule has 0 aliphatic heterocycles. The molecule has 114 valence electrons. The molecule has 0 spiro atoms. The first-order valence-electron chi connectivity index (χ1n) is 7.16. The van der Waals surface area contributed by atoms with Crippen molar-refractivity contribution in [1.29, 1.82) is 0 Å². The summed E-state index contributed by atoms with van der Waals surface area (Å²) >= 11 is 0. The van der Waals surface area contributed by atoms with E-state index in [1.807, 2.05) is 24.3 Å². The number of aliphatic hydroxyl groups is 1. The molecule has 1 aromatic rings. The second kappa shape index (κ2) is 8.95. The minimum Gasteiger partial charge on any atom is -0.497 e. The van der Waals surface area contributed by atoms with Gasteiger partial charge in [0, 0.05) is 19.2 Å².